The minimum atomic E-state index is -0.619. The van der Waals surface area contributed by atoms with Gasteiger partial charge >= 0.3 is 5.97 Å². The lowest BCUT2D eigenvalue weighted by molar-refractivity contribution is -0.139. The smallest absolute Gasteiger partial charge is 0.338 e. The number of rotatable bonds is 5. The van der Waals surface area contributed by atoms with E-state index in [1.807, 2.05) is 54.6 Å². The van der Waals surface area contributed by atoms with Gasteiger partial charge in [0.1, 0.15) is 0 Å². The van der Waals surface area contributed by atoms with Crippen LogP contribution in [0.5, 0.6) is 0 Å². The highest BCUT2D eigenvalue weighted by Crippen LogP contribution is 2.26. The van der Waals surface area contributed by atoms with Crippen molar-refractivity contribution in [3.05, 3.63) is 108 Å². The average molecular weight is 465 g/mol. The first kappa shape index (κ1) is 22.0. The molecule has 2 heterocycles. The Labute approximate surface area is 194 Å². The molecular weight excluding hydrogens is 444 g/mol. The summed E-state index contributed by atoms with van der Waals surface area (Å²) in [6.45, 7) is 3.76. The lowest BCUT2D eigenvalue weighted by Crippen LogP contribution is -2.38. The molecule has 0 bridgehead atoms. The molecule has 4 rings (SSSR count). The van der Waals surface area contributed by atoms with E-state index in [-0.39, 0.29) is 12.2 Å². The second-order valence-electron chi connectivity index (χ2n) is 7.17. The number of halogens is 1. The maximum atomic E-state index is 13.4. The van der Waals surface area contributed by atoms with Crippen LogP contribution in [0.2, 0.25) is 5.02 Å². The third-order valence-electron chi connectivity index (χ3n) is 4.98. The Morgan fingerprint density at radius 2 is 1.94 bits per heavy atom. The Morgan fingerprint density at radius 3 is 2.66 bits per heavy atom. The van der Waals surface area contributed by atoms with E-state index in [2.05, 4.69) is 4.99 Å². The van der Waals surface area contributed by atoms with E-state index in [1.165, 1.54) is 11.3 Å². The first-order chi connectivity index (χ1) is 15.5. The quantitative estimate of drug-likeness (QED) is 0.534. The van der Waals surface area contributed by atoms with Gasteiger partial charge in [-0.1, -0.05) is 77.6 Å². The summed E-state index contributed by atoms with van der Waals surface area (Å²) in [6, 6.07) is 16.4. The highest BCUT2D eigenvalue weighted by atomic mass is 35.5. The molecule has 0 fully saturated rings. The summed E-state index contributed by atoms with van der Waals surface area (Å²) in [7, 11) is 0. The van der Waals surface area contributed by atoms with Crippen LogP contribution in [0.15, 0.2) is 81.7 Å². The molecule has 3 aromatic rings. The molecule has 0 N–H and O–H groups in total. The number of thiazole rings is 1. The maximum absolute atomic E-state index is 13.4. The predicted molar refractivity (Wildman–Crippen MR) is 128 cm³/mol. The van der Waals surface area contributed by atoms with Crippen molar-refractivity contribution in [2.75, 3.05) is 6.61 Å². The predicted octanol–water partition coefficient (Wildman–Crippen LogP) is 4.12. The van der Waals surface area contributed by atoms with Crippen LogP contribution in [0, 0.1) is 0 Å². The van der Waals surface area contributed by atoms with Gasteiger partial charge in [-0.25, -0.2) is 9.79 Å². The fourth-order valence-corrected chi connectivity index (χ4v) is 4.78. The van der Waals surface area contributed by atoms with Crippen molar-refractivity contribution < 1.29 is 9.53 Å². The molecule has 32 heavy (non-hydrogen) atoms. The van der Waals surface area contributed by atoms with E-state index >= 15 is 0 Å². The SMILES string of the molecule is CCOC(=O)C1=C(C)N=c2s/c(=C/c3cccc(Cl)c3)c(=O)n2[C@@H]1/C=C/c1ccccc1. The highest BCUT2D eigenvalue weighted by molar-refractivity contribution is 7.07. The molecule has 0 aliphatic carbocycles. The Morgan fingerprint density at radius 1 is 1.19 bits per heavy atom. The van der Waals surface area contributed by atoms with Crippen LogP contribution in [-0.2, 0) is 9.53 Å². The number of carbonyl (C=O) groups excluding carboxylic acids is 1. The van der Waals surface area contributed by atoms with Gasteiger partial charge in [0.15, 0.2) is 4.80 Å². The molecule has 162 valence electrons. The van der Waals surface area contributed by atoms with Gasteiger partial charge in [-0.3, -0.25) is 9.36 Å². The minimum Gasteiger partial charge on any atom is -0.463 e. The molecule has 1 aliphatic rings. The number of hydrogen-bond donors (Lipinski definition) is 0. The van der Waals surface area contributed by atoms with Crippen LogP contribution in [-0.4, -0.2) is 17.1 Å². The van der Waals surface area contributed by atoms with Gasteiger partial charge in [-0.15, -0.1) is 0 Å². The summed E-state index contributed by atoms with van der Waals surface area (Å²) < 4.78 is 7.35. The summed E-state index contributed by atoms with van der Waals surface area (Å²) in [5.41, 5.74) is 2.47. The van der Waals surface area contributed by atoms with Crippen molar-refractivity contribution in [1.29, 1.82) is 0 Å². The van der Waals surface area contributed by atoms with Gasteiger partial charge in [-0.05, 0) is 43.2 Å². The number of aromatic nitrogens is 1. The maximum Gasteiger partial charge on any atom is 0.338 e. The molecule has 5 nitrogen and oxygen atoms in total. The van der Waals surface area contributed by atoms with Crippen LogP contribution in [0.3, 0.4) is 0 Å². The number of esters is 1. The van der Waals surface area contributed by atoms with E-state index in [0.717, 1.165) is 11.1 Å². The molecule has 2 aromatic carbocycles. The van der Waals surface area contributed by atoms with Crippen molar-refractivity contribution in [2.24, 2.45) is 4.99 Å². The normalized spacial score (nSPS) is 16.2. The van der Waals surface area contributed by atoms with Crippen molar-refractivity contribution in [3.63, 3.8) is 0 Å². The molecule has 0 saturated carbocycles. The van der Waals surface area contributed by atoms with E-state index in [9.17, 15) is 9.59 Å². The second-order valence-corrected chi connectivity index (χ2v) is 8.61. The lowest BCUT2D eigenvalue weighted by Gasteiger charge is -2.21. The van der Waals surface area contributed by atoms with E-state index in [0.29, 0.717) is 25.6 Å². The zero-order valence-corrected chi connectivity index (χ0v) is 19.2. The zero-order chi connectivity index (χ0) is 22.7. The molecule has 0 radical (unpaired) electrons. The standard InChI is InChI=1S/C25H21ClN2O3S/c1-3-31-24(30)22-16(2)27-25-28(20(22)13-12-17-8-5-4-6-9-17)23(29)21(32-25)15-18-10-7-11-19(26)14-18/h4-15,20H,3H2,1-2H3/b13-12+,21-15+/t20-/m1/s1. The fraction of sp³-hybridized carbons (Fsp3) is 0.160. The second kappa shape index (κ2) is 9.51. The van der Waals surface area contributed by atoms with Crippen molar-refractivity contribution in [3.8, 4) is 0 Å². The summed E-state index contributed by atoms with van der Waals surface area (Å²) >= 11 is 7.38. The minimum absolute atomic E-state index is 0.217. The molecule has 1 atom stereocenters. The largest absolute Gasteiger partial charge is 0.463 e. The number of ether oxygens (including phenoxy) is 1. The zero-order valence-electron chi connectivity index (χ0n) is 17.6. The van der Waals surface area contributed by atoms with E-state index in [4.69, 9.17) is 16.3 Å². The van der Waals surface area contributed by atoms with Gasteiger partial charge in [-0.2, -0.15) is 0 Å². The molecule has 1 aromatic heterocycles. The van der Waals surface area contributed by atoms with E-state index in [1.54, 1.807) is 36.6 Å². The Hall–Kier alpha value is -3.22. The van der Waals surface area contributed by atoms with Gasteiger partial charge in [0.05, 0.1) is 28.5 Å². The third kappa shape index (κ3) is 4.52. The summed E-state index contributed by atoms with van der Waals surface area (Å²) in [6.07, 6.45) is 5.54. The van der Waals surface area contributed by atoms with Crippen molar-refractivity contribution >= 4 is 41.1 Å². The number of allylic oxidation sites excluding steroid dienone is 2. The molecule has 0 saturated heterocycles. The summed E-state index contributed by atoms with van der Waals surface area (Å²) in [5.74, 6) is -0.472. The van der Waals surface area contributed by atoms with Gasteiger partial charge < -0.3 is 4.74 Å². The lowest BCUT2D eigenvalue weighted by atomic mass is 10.0. The van der Waals surface area contributed by atoms with Crippen LogP contribution in [0.25, 0.3) is 12.2 Å². The Balaban J connectivity index is 1.88. The average Bonchev–Trinajstić information content (AvgIpc) is 3.07. The first-order valence-corrected chi connectivity index (χ1v) is 11.4. The Kier molecular flexibility index (Phi) is 6.53. The van der Waals surface area contributed by atoms with Crippen LogP contribution < -0.4 is 14.9 Å². The number of nitrogens with zero attached hydrogens (tertiary/aromatic N) is 2. The number of carbonyl (C=O) groups is 1. The molecule has 0 amide bonds. The summed E-state index contributed by atoms with van der Waals surface area (Å²) in [5, 5.41) is 0.593. The molecule has 0 unspecified atom stereocenters. The molecule has 1 aliphatic heterocycles. The summed E-state index contributed by atoms with van der Waals surface area (Å²) in [4.78, 5) is 31.3. The van der Waals surface area contributed by atoms with Gasteiger partial charge in [0.25, 0.3) is 5.56 Å². The molecule has 7 heteroatoms. The van der Waals surface area contributed by atoms with E-state index < -0.39 is 12.0 Å². The topological polar surface area (TPSA) is 60.7 Å². The number of fused-ring (bicyclic) bond motifs is 1. The monoisotopic (exact) mass is 464 g/mol. The fourth-order valence-electron chi connectivity index (χ4n) is 3.53. The van der Waals surface area contributed by atoms with Crippen LogP contribution in [0.1, 0.15) is 31.0 Å². The Bertz CT molecular complexity index is 1400. The van der Waals surface area contributed by atoms with Crippen LogP contribution in [0.4, 0.5) is 0 Å². The van der Waals surface area contributed by atoms with Crippen molar-refractivity contribution in [1.82, 2.24) is 4.57 Å². The molecule has 0 spiro atoms. The van der Waals surface area contributed by atoms with Gasteiger partial charge in [0.2, 0.25) is 0 Å². The van der Waals surface area contributed by atoms with Crippen LogP contribution >= 0.6 is 22.9 Å². The highest BCUT2D eigenvalue weighted by Gasteiger charge is 2.30. The third-order valence-corrected chi connectivity index (χ3v) is 6.19. The molecular formula is C25H21ClN2O3S. The first-order valence-electron chi connectivity index (χ1n) is 10.2. The van der Waals surface area contributed by atoms with Gasteiger partial charge in [0, 0.05) is 5.02 Å². The van der Waals surface area contributed by atoms with Crippen molar-refractivity contribution in [2.45, 2.75) is 19.9 Å². The number of hydrogen-bond acceptors (Lipinski definition) is 5. The number of benzene rings is 2.